The minimum Gasteiger partial charge on any atom is -0.473 e. The summed E-state index contributed by atoms with van der Waals surface area (Å²) in [7, 11) is 0. The van der Waals surface area contributed by atoms with E-state index in [9.17, 15) is 0 Å². The first-order valence-electron chi connectivity index (χ1n) is 10.5. The molecule has 0 amide bonds. The van der Waals surface area contributed by atoms with Crippen molar-refractivity contribution in [2.24, 2.45) is 10.9 Å². The molecule has 3 rings (SSSR count). The molecule has 0 radical (unpaired) electrons. The quantitative estimate of drug-likeness (QED) is 0.326. The molecule has 1 aromatic carbocycles. The summed E-state index contributed by atoms with van der Waals surface area (Å²) in [4.78, 5) is 8.97. The fraction of sp³-hybridized carbons (Fsp3) is 0.478. The number of ether oxygens (including phenoxy) is 2. The normalized spacial score (nSPS) is 13.9. The molecule has 1 saturated carbocycles. The van der Waals surface area contributed by atoms with Crippen molar-refractivity contribution < 1.29 is 9.47 Å². The summed E-state index contributed by atoms with van der Waals surface area (Å²) >= 11 is 0. The lowest BCUT2D eigenvalue weighted by Crippen LogP contribution is -2.38. The van der Waals surface area contributed by atoms with Gasteiger partial charge in [0.25, 0.3) is 0 Å². The molecule has 0 atom stereocenters. The van der Waals surface area contributed by atoms with Crippen molar-refractivity contribution in [2.45, 2.75) is 39.3 Å². The zero-order valence-electron chi connectivity index (χ0n) is 17.3. The number of pyridine rings is 1. The standard InChI is InChI=1S/C23H32N4O2/c1-2-24-23(26-12-6-14-28-17-20-9-10-20)27-16-21-11-13-25-22(15-21)29-18-19-7-4-3-5-8-19/h3-5,7-8,11,13,15,20H,2,6,9-10,12,14,16-18H2,1H3,(H2,24,26,27). The molecule has 0 aliphatic heterocycles. The highest BCUT2D eigenvalue weighted by Gasteiger charge is 2.20. The Bertz CT molecular complexity index is 748. The van der Waals surface area contributed by atoms with Gasteiger partial charge in [-0.1, -0.05) is 30.3 Å². The zero-order valence-corrected chi connectivity index (χ0v) is 17.3. The monoisotopic (exact) mass is 396 g/mol. The van der Waals surface area contributed by atoms with Gasteiger partial charge in [0.2, 0.25) is 5.88 Å². The van der Waals surface area contributed by atoms with Crippen LogP contribution in [0.15, 0.2) is 53.7 Å². The number of nitrogens with one attached hydrogen (secondary N) is 2. The van der Waals surface area contributed by atoms with E-state index in [0.29, 0.717) is 19.0 Å². The average Bonchev–Trinajstić information content (AvgIpc) is 3.58. The van der Waals surface area contributed by atoms with Gasteiger partial charge in [-0.15, -0.1) is 0 Å². The Morgan fingerprint density at radius 3 is 2.79 bits per heavy atom. The molecule has 0 saturated heterocycles. The van der Waals surface area contributed by atoms with Gasteiger partial charge in [0.15, 0.2) is 5.96 Å². The van der Waals surface area contributed by atoms with Crippen LogP contribution in [-0.4, -0.2) is 37.2 Å². The van der Waals surface area contributed by atoms with Crippen LogP contribution in [0.3, 0.4) is 0 Å². The van der Waals surface area contributed by atoms with Crippen LogP contribution in [0.5, 0.6) is 5.88 Å². The van der Waals surface area contributed by atoms with Gasteiger partial charge in [-0.2, -0.15) is 0 Å². The van der Waals surface area contributed by atoms with Crippen LogP contribution in [0, 0.1) is 5.92 Å². The Balaban J connectivity index is 1.42. The summed E-state index contributed by atoms with van der Waals surface area (Å²) < 4.78 is 11.5. The number of aliphatic imine (C=N–C) groups is 1. The summed E-state index contributed by atoms with van der Waals surface area (Å²) in [5, 5.41) is 6.65. The number of benzene rings is 1. The molecule has 2 aromatic rings. The molecule has 0 bridgehead atoms. The molecule has 6 heteroatoms. The molecule has 1 aliphatic carbocycles. The molecule has 1 heterocycles. The van der Waals surface area contributed by atoms with E-state index in [1.54, 1.807) is 6.20 Å². The van der Waals surface area contributed by atoms with Crippen LogP contribution >= 0.6 is 0 Å². The van der Waals surface area contributed by atoms with E-state index in [1.807, 2.05) is 42.5 Å². The van der Waals surface area contributed by atoms with Gasteiger partial charge in [-0.05, 0) is 49.3 Å². The van der Waals surface area contributed by atoms with Crippen molar-refractivity contribution in [2.75, 3.05) is 26.3 Å². The van der Waals surface area contributed by atoms with Gasteiger partial charge in [0, 0.05) is 38.6 Å². The third kappa shape index (κ3) is 8.52. The number of hydrogen-bond acceptors (Lipinski definition) is 4. The maximum Gasteiger partial charge on any atom is 0.213 e. The first-order valence-corrected chi connectivity index (χ1v) is 10.5. The maximum absolute atomic E-state index is 5.81. The highest BCUT2D eigenvalue weighted by molar-refractivity contribution is 5.79. The van der Waals surface area contributed by atoms with E-state index in [0.717, 1.165) is 55.7 Å². The van der Waals surface area contributed by atoms with Crippen LogP contribution in [0.2, 0.25) is 0 Å². The number of aromatic nitrogens is 1. The van der Waals surface area contributed by atoms with Crippen LogP contribution in [0.1, 0.15) is 37.3 Å². The second kappa shape index (κ2) is 12.1. The van der Waals surface area contributed by atoms with Crippen molar-refractivity contribution in [3.8, 4) is 5.88 Å². The molecule has 1 aliphatic rings. The SMILES string of the molecule is CCNC(=NCc1ccnc(OCc2ccccc2)c1)NCCCOCC1CC1. The number of rotatable bonds is 12. The Kier molecular flexibility index (Phi) is 8.79. The largest absolute Gasteiger partial charge is 0.473 e. The zero-order chi connectivity index (χ0) is 20.2. The van der Waals surface area contributed by atoms with Crippen molar-refractivity contribution >= 4 is 5.96 Å². The lowest BCUT2D eigenvalue weighted by atomic mass is 10.2. The molecule has 1 fully saturated rings. The maximum atomic E-state index is 5.81. The van der Waals surface area contributed by atoms with Gasteiger partial charge in [-0.25, -0.2) is 9.98 Å². The highest BCUT2D eigenvalue weighted by Crippen LogP contribution is 2.28. The average molecular weight is 397 g/mol. The topological polar surface area (TPSA) is 67.8 Å². The molecule has 0 spiro atoms. The lowest BCUT2D eigenvalue weighted by Gasteiger charge is -2.11. The van der Waals surface area contributed by atoms with E-state index in [1.165, 1.54) is 12.8 Å². The summed E-state index contributed by atoms with van der Waals surface area (Å²) in [5.41, 5.74) is 2.19. The first-order chi connectivity index (χ1) is 14.3. The number of hydrogen-bond donors (Lipinski definition) is 2. The molecule has 6 nitrogen and oxygen atoms in total. The van der Waals surface area contributed by atoms with Crippen LogP contribution in [-0.2, 0) is 17.9 Å². The fourth-order valence-electron chi connectivity index (χ4n) is 2.79. The highest BCUT2D eigenvalue weighted by atomic mass is 16.5. The molecular formula is C23H32N4O2. The smallest absolute Gasteiger partial charge is 0.213 e. The van der Waals surface area contributed by atoms with Gasteiger partial charge >= 0.3 is 0 Å². The summed E-state index contributed by atoms with van der Waals surface area (Å²) in [6.45, 7) is 6.54. The van der Waals surface area contributed by atoms with E-state index >= 15 is 0 Å². The van der Waals surface area contributed by atoms with Crippen molar-refractivity contribution in [3.05, 3.63) is 59.8 Å². The second-order valence-electron chi connectivity index (χ2n) is 7.27. The Labute approximate surface area is 173 Å². The van der Waals surface area contributed by atoms with Crippen molar-refractivity contribution in [1.29, 1.82) is 0 Å². The minimum absolute atomic E-state index is 0.508. The predicted molar refractivity (Wildman–Crippen MR) is 116 cm³/mol. The van der Waals surface area contributed by atoms with E-state index in [4.69, 9.17) is 9.47 Å². The summed E-state index contributed by atoms with van der Waals surface area (Å²) in [6, 6.07) is 14.0. The lowest BCUT2D eigenvalue weighted by molar-refractivity contribution is 0.123. The molecule has 1 aromatic heterocycles. The van der Waals surface area contributed by atoms with Gasteiger partial charge < -0.3 is 20.1 Å². The van der Waals surface area contributed by atoms with Gasteiger partial charge in [0.05, 0.1) is 6.54 Å². The molecule has 156 valence electrons. The number of guanidine groups is 1. The van der Waals surface area contributed by atoms with Crippen LogP contribution in [0.25, 0.3) is 0 Å². The number of nitrogens with zero attached hydrogens (tertiary/aromatic N) is 2. The Morgan fingerprint density at radius 1 is 1.14 bits per heavy atom. The van der Waals surface area contributed by atoms with E-state index < -0.39 is 0 Å². The Morgan fingerprint density at radius 2 is 2.00 bits per heavy atom. The van der Waals surface area contributed by atoms with Crippen LogP contribution in [0.4, 0.5) is 0 Å². The fourth-order valence-corrected chi connectivity index (χ4v) is 2.79. The van der Waals surface area contributed by atoms with Crippen LogP contribution < -0.4 is 15.4 Å². The van der Waals surface area contributed by atoms with Crippen molar-refractivity contribution in [1.82, 2.24) is 15.6 Å². The molecular weight excluding hydrogens is 364 g/mol. The van der Waals surface area contributed by atoms with Gasteiger partial charge in [0.1, 0.15) is 6.61 Å². The van der Waals surface area contributed by atoms with Gasteiger partial charge in [-0.3, -0.25) is 0 Å². The third-order valence-corrected chi connectivity index (χ3v) is 4.60. The van der Waals surface area contributed by atoms with Crippen molar-refractivity contribution in [3.63, 3.8) is 0 Å². The Hall–Kier alpha value is -2.60. The van der Waals surface area contributed by atoms with E-state index in [2.05, 4.69) is 27.5 Å². The summed E-state index contributed by atoms with van der Waals surface area (Å²) in [6.07, 6.45) is 5.42. The second-order valence-corrected chi connectivity index (χ2v) is 7.27. The minimum atomic E-state index is 0.508. The third-order valence-electron chi connectivity index (χ3n) is 4.60. The van der Waals surface area contributed by atoms with E-state index in [-0.39, 0.29) is 0 Å². The molecule has 29 heavy (non-hydrogen) atoms. The molecule has 2 N–H and O–H groups in total. The summed E-state index contributed by atoms with van der Waals surface area (Å²) in [5.74, 6) is 2.26. The predicted octanol–water partition coefficient (Wildman–Crippen LogP) is 3.53. The first kappa shape index (κ1) is 21.1. The molecule has 0 unspecified atom stereocenters.